The number of halogens is 1. The van der Waals surface area contributed by atoms with Gasteiger partial charge in [0.05, 0.1) is 13.0 Å². The smallest absolute Gasteiger partial charge is 0.226 e. The quantitative estimate of drug-likeness (QED) is 0.750. The molecule has 1 spiro atoms. The predicted molar refractivity (Wildman–Crippen MR) is 116 cm³/mol. The summed E-state index contributed by atoms with van der Waals surface area (Å²) in [6.45, 7) is 2.73. The van der Waals surface area contributed by atoms with E-state index < -0.39 is 5.60 Å². The lowest BCUT2D eigenvalue weighted by Gasteiger charge is -2.43. The molecule has 2 aromatic rings. The van der Waals surface area contributed by atoms with Gasteiger partial charge in [0.25, 0.3) is 0 Å². The highest BCUT2D eigenvalue weighted by molar-refractivity contribution is 5.78. The average molecular weight is 425 g/mol. The molecule has 6 heteroatoms. The first-order chi connectivity index (χ1) is 14.8. The van der Waals surface area contributed by atoms with Crippen LogP contribution in [0, 0.1) is 5.82 Å². The number of hydrogen-bond acceptors (Lipinski definition) is 3. The van der Waals surface area contributed by atoms with E-state index in [0.29, 0.717) is 13.1 Å². The summed E-state index contributed by atoms with van der Waals surface area (Å²) in [4.78, 5) is 28.7. The fourth-order valence-electron chi connectivity index (χ4n) is 4.71. The summed E-state index contributed by atoms with van der Waals surface area (Å²) in [5.74, 6) is 0.635. The van der Waals surface area contributed by atoms with Crippen molar-refractivity contribution in [1.82, 2.24) is 9.80 Å². The van der Waals surface area contributed by atoms with Gasteiger partial charge in [-0.25, -0.2) is 4.39 Å². The third kappa shape index (κ3) is 4.73. The fraction of sp³-hybridized carbons (Fsp3) is 0.440. The van der Waals surface area contributed by atoms with Crippen LogP contribution < -0.4 is 4.74 Å². The lowest BCUT2D eigenvalue weighted by Crippen LogP contribution is -2.52. The molecule has 0 bridgehead atoms. The molecular formula is C25H29FN2O3. The van der Waals surface area contributed by atoms with Gasteiger partial charge in [0.2, 0.25) is 11.8 Å². The van der Waals surface area contributed by atoms with Gasteiger partial charge in [-0.2, -0.15) is 0 Å². The Labute approximate surface area is 182 Å². The Morgan fingerprint density at radius 3 is 2.48 bits per heavy atom. The second kappa shape index (κ2) is 8.69. The number of para-hydroxylation sites is 1. The van der Waals surface area contributed by atoms with Crippen molar-refractivity contribution in [3.8, 4) is 5.75 Å². The largest absolute Gasteiger partial charge is 0.485 e. The van der Waals surface area contributed by atoms with Crippen molar-refractivity contribution in [1.29, 1.82) is 0 Å². The van der Waals surface area contributed by atoms with Gasteiger partial charge in [-0.1, -0.05) is 30.3 Å². The zero-order chi connectivity index (χ0) is 22.0. The average Bonchev–Trinajstić information content (AvgIpc) is 2.92. The van der Waals surface area contributed by atoms with Gasteiger partial charge in [-0.15, -0.1) is 0 Å². The number of ether oxygens (including phenoxy) is 1. The van der Waals surface area contributed by atoms with E-state index in [4.69, 9.17) is 4.74 Å². The van der Waals surface area contributed by atoms with Crippen molar-refractivity contribution in [2.45, 2.75) is 57.2 Å². The molecule has 0 saturated heterocycles. The Morgan fingerprint density at radius 1 is 1.13 bits per heavy atom. The zero-order valence-electron chi connectivity index (χ0n) is 18.1. The number of likely N-dealkylation sites (N-methyl/N-ethyl adjacent to an activating group) is 1. The third-order valence-electron chi connectivity index (χ3n) is 6.66. The molecule has 2 aromatic carbocycles. The summed E-state index contributed by atoms with van der Waals surface area (Å²) in [7, 11) is 1.85. The second-order valence-corrected chi connectivity index (χ2v) is 8.81. The van der Waals surface area contributed by atoms with Gasteiger partial charge in [-0.05, 0) is 49.4 Å². The van der Waals surface area contributed by atoms with E-state index in [1.807, 2.05) is 41.1 Å². The normalized spacial score (nSPS) is 22.9. The van der Waals surface area contributed by atoms with Gasteiger partial charge in [-0.3, -0.25) is 9.59 Å². The standard InChI is InChI=1S/C25H29FN2O3/c1-18(29)28-16-20-5-3-4-6-23(20)31-25(17-28)13-11-22(12-14-25)27(2)24(30)15-19-7-9-21(26)10-8-19/h3-10,22H,11-17H2,1-2H3. The molecule has 0 unspecified atom stereocenters. The molecule has 164 valence electrons. The zero-order valence-corrected chi connectivity index (χ0v) is 18.1. The maximum Gasteiger partial charge on any atom is 0.226 e. The highest BCUT2D eigenvalue weighted by Crippen LogP contribution is 2.39. The maximum atomic E-state index is 13.1. The Bertz CT molecular complexity index is 951. The van der Waals surface area contributed by atoms with Crippen molar-refractivity contribution in [3.05, 3.63) is 65.5 Å². The molecule has 0 radical (unpaired) electrons. The second-order valence-electron chi connectivity index (χ2n) is 8.81. The van der Waals surface area contributed by atoms with Crippen LogP contribution in [0.25, 0.3) is 0 Å². The molecule has 1 saturated carbocycles. The van der Waals surface area contributed by atoms with Crippen molar-refractivity contribution in [2.24, 2.45) is 0 Å². The summed E-state index contributed by atoms with van der Waals surface area (Å²) in [5, 5.41) is 0. The highest BCUT2D eigenvalue weighted by Gasteiger charge is 2.42. The molecule has 0 N–H and O–H groups in total. The van der Waals surface area contributed by atoms with Crippen LogP contribution in [0.4, 0.5) is 4.39 Å². The molecule has 4 rings (SSSR count). The van der Waals surface area contributed by atoms with E-state index in [9.17, 15) is 14.0 Å². The monoisotopic (exact) mass is 424 g/mol. The van der Waals surface area contributed by atoms with E-state index in [1.165, 1.54) is 12.1 Å². The number of fused-ring (bicyclic) bond motifs is 1. The summed E-state index contributed by atoms with van der Waals surface area (Å²) >= 11 is 0. The first-order valence-electron chi connectivity index (χ1n) is 10.9. The molecule has 2 amide bonds. The van der Waals surface area contributed by atoms with E-state index in [-0.39, 0.29) is 30.1 Å². The number of rotatable bonds is 3. The minimum Gasteiger partial charge on any atom is -0.485 e. The fourth-order valence-corrected chi connectivity index (χ4v) is 4.71. The van der Waals surface area contributed by atoms with Crippen molar-refractivity contribution < 1.29 is 18.7 Å². The molecule has 1 aliphatic heterocycles. The number of carbonyl (C=O) groups excluding carboxylic acids is 2. The number of hydrogen-bond donors (Lipinski definition) is 0. The van der Waals surface area contributed by atoms with Crippen LogP contribution in [-0.2, 0) is 22.6 Å². The van der Waals surface area contributed by atoms with Gasteiger partial charge < -0.3 is 14.5 Å². The summed E-state index contributed by atoms with van der Waals surface area (Å²) in [6, 6.07) is 14.1. The van der Waals surface area contributed by atoms with Crippen LogP contribution in [0.2, 0.25) is 0 Å². The van der Waals surface area contributed by atoms with Gasteiger partial charge in [0, 0.05) is 32.1 Å². The summed E-state index contributed by atoms with van der Waals surface area (Å²) in [6.07, 6.45) is 3.47. The van der Waals surface area contributed by atoms with E-state index >= 15 is 0 Å². The number of amides is 2. The molecule has 5 nitrogen and oxygen atoms in total. The van der Waals surface area contributed by atoms with E-state index in [0.717, 1.165) is 42.6 Å². The number of carbonyl (C=O) groups is 2. The Morgan fingerprint density at radius 2 is 1.81 bits per heavy atom. The van der Waals surface area contributed by atoms with Gasteiger partial charge >= 0.3 is 0 Å². The topological polar surface area (TPSA) is 49.9 Å². The number of benzene rings is 2. The highest BCUT2D eigenvalue weighted by atomic mass is 19.1. The minimum atomic E-state index is -0.421. The van der Waals surface area contributed by atoms with Crippen molar-refractivity contribution >= 4 is 11.8 Å². The van der Waals surface area contributed by atoms with Crippen LogP contribution in [-0.4, -0.2) is 46.8 Å². The Kier molecular flexibility index (Phi) is 5.99. The van der Waals surface area contributed by atoms with Crippen molar-refractivity contribution in [3.63, 3.8) is 0 Å². The van der Waals surface area contributed by atoms with Crippen LogP contribution in [0.15, 0.2) is 48.5 Å². The molecule has 0 aromatic heterocycles. The van der Waals surface area contributed by atoms with Crippen LogP contribution >= 0.6 is 0 Å². The molecule has 1 aliphatic carbocycles. The van der Waals surface area contributed by atoms with Crippen LogP contribution in [0.1, 0.15) is 43.7 Å². The van der Waals surface area contributed by atoms with Gasteiger partial charge in [0.1, 0.15) is 17.2 Å². The molecule has 1 fully saturated rings. The molecule has 1 heterocycles. The third-order valence-corrected chi connectivity index (χ3v) is 6.66. The van der Waals surface area contributed by atoms with Crippen LogP contribution in [0.5, 0.6) is 5.75 Å². The van der Waals surface area contributed by atoms with Crippen LogP contribution in [0.3, 0.4) is 0 Å². The van der Waals surface area contributed by atoms with Gasteiger partial charge in [0.15, 0.2) is 0 Å². The number of nitrogens with zero attached hydrogens (tertiary/aromatic N) is 2. The first-order valence-corrected chi connectivity index (χ1v) is 10.9. The van der Waals surface area contributed by atoms with Crippen molar-refractivity contribution in [2.75, 3.05) is 13.6 Å². The Balaban J connectivity index is 1.43. The lowest BCUT2D eigenvalue weighted by atomic mass is 9.81. The predicted octanol–water partition coefficient (Wildman–Crippen LogP) is 3.95. The molecular weight excluding hydrogens is 395 g/mol. The molecule has 31 heavy (non-hydrogen) atoms. The molecule has 0 atom stereocenters. The Hall–Kier alpha value is -2.89. The summed E-state index contributed by atoms with van der Waals surface area (Å²) in [5.41, 5.74) is 1.42. The minimum absolute atomic E-state index is 0.0325. The van der Waals surface area contributed by atoms with E-state index in [1.54, 1.807) is 19.1 Å². The lowest BCUT2D eigenvalue weighted by molar-refractivity contribution is -0.134. The summed E-state index contributed by atoms with van der Waals surface area (Å²) < 4.78 is 19.6. The van der Waals surface area contributed by atoms with E-state index in [2.05, 4.69) is 0 Å². The maximum absolute atomic E-state index is 13.1. The first kappa shape index (κ1) is 21.3. The SMILES string of the molecule is CC(=O)N1Cc2ccccc2OC2(CCC(N(C)C(=O)Cc3ccc(F)cc3)CC2)C1. The molecule has 2 aliphatic rings.